The van der Waals surface area contributed by atoms with Crippen molar-refractivity contribution >= 4 is 15.9 Å². The minimum absolute atomic E-state index is 0.00796. The summed E-state index contributed by atoms with van der Waals surface area (Å²) in [5.74, 6) is -0.0272. The topological polar surface area (TPSA) is 66.9 Å². The van der Waals surface area contributed by atoms with Crippen LogP contribution in [0, 0.1) is 0 Å². The van der Waals surface area contributed by atoms with Gasteiger partial charge in [-0.2, -0.15) is 4.31 Å². The zero-order valence-electron chi connectivity index (χ0n) is 11.1. The van der Waals surface area contributed by atoms with Crippen molar-refractivity contribution in [1.82, 2.24) is 9.21 Å². The predicted molar refractivity (Wildman–Crippen MR) is 69.0 cm³/mol. The molecule has 0 unspecified atom stereocenters. The molecule has 3 rings (SSSR count). The first-order valence-electron chi connectivity index (χ1n) is 6.84. The first-order valence-corrected chi connectivity index (χ1v) is 8.35. The van der Waals surface area contributed by atoms with E-state index in [1.165, 1.54) is 7.11 Å². The summed E-state index contributed by atoms with van der Waals surface area (Å²) in [6, 6.07) is 0.0441. The van der Waals surface area contributed by atoms with Gasteiger partial charge in [0.15, 0.2) is 0 Å². The van der Waals surface area contributed by atoms with Gasteiger partial charge in [0.2, 0.25) is 15.9 Å². The number of carbonyl (C=O) groups is 1. The van der Waals surface area contributed by atoms with Crippen LogP contribution in [0.15, 0.2) is 0 Å². The van der Waals surface area contributed by atoms with Gasteiger partial charge in [0.05, 0.1) is 5.25 Å². The van der Waals surface area contributed by atoms with Crippen LogP contribution in [-0.2, 0) is 19.6 Å². The van der Waals surface area contributed by atoms with Gasteiger partial charge in [-0.05, 0) is 25.7 Å². The van der Waals surface area contributed by atoms with Crippen LogP contribution in [0.25, 0.3) is 0 Å². The van der Waals surface area contributed by atoms with Gasteiger partial charge in [-0.3, -0.25) is 4.79 Å². The Labute approximate surface area is 113 Å². The maximum atomic E-state index is 12.3. The molecule has 0 aromatic heterocycles. The van der Waals surface area contributed by atoms with E-state index >= 15 is 0 Å². The van der Waals surface area contributed by atoms with Crippen molar-refractivity contribution in [2.75, 3.05) is 26.8 Å². The molecule has 0 radical (unpaired) electrons. The molecule has 2 atom stereocenters. The molecule has 1 amide bonds. The maximum Gasteiger partial charge on any atom is 0.248 e. The molecular formula is C12H20N2O4S. The summed E-state index contributed by atoms with van der Waals surface area (Å²) in [5, 5.41) is -0.157. The fourth-order valence-electron chi connectivity index (χ4n) is 3.34. The van der Waals surface area contributed by atoms with Gasteiger partial charge < -0.3 is 9.64 Å². The minimum Gasteiger partial charge on any atom is -0.375 e. The standard InChI is InChI=1S/C12H20N2O4S/c1-18-8-12(15)13-6-4-11-10(13)5-7-14(11)19(16,17)9-2-3-9/h9-11H,2-8H2,1H3/t10-,11+/m1/s1. The molecule has 1 aliphatic carbocycles. The molecular weight excluding hydrogens is 268 g/mol. The summed E-state index contributed by atoms with van der Waals surface area (Å²) in [7, 11) is -1.61. The molecule has 0 bridgehead atoms. The number of sulfonamides is 1. The smallest absolute Gasteiger partial charge is 0.248 e. The van der Waals surface area contributed by atoms with Crippen LogP contribution in [0.1, 0.15) is 25.7 Å². The van der Waals surface area contributed by atoms with Gasteiger partial charge in [0.25, 0.3) is 0 Å². The van der Waals surface area contributed by atoms with Crippen LogP contribution < -0.4 is 0 Å². The SMILES string of the molecule is COCC(=O)N1CC[C@H]2[C@H]1CCN2S(=O)(=O)C1CC1. The third-order valence-electron chi connectivity index (χ3n) is 4.39. The van der Waals surface area contributed by atoms with E-state index in [-0.39, 0.29) is 29.8 Å². The third-order valence-corrected chi connectivity index (χ3v) is 6.81. The van der Waals surface area contributed by atoms with E-state index in [0.717, 1.165) is 25.7 Å². The molecule has 7 heteroatoms. The molecule has 2 heterocycles. The number of carbonyl (C=O) groups excluding carboxylic acids is 1. The lowest BCUT2D eigenvalue weighted by Gasteiger charge is -2.25. The number of hydrogen-bond acceptors (Lipinski definition) is 4. The zero-order valence-corrected chi connectivity index (χ0v) is 11.9. The monoisotopic (exact) mass is 288 g/mol. The molecule has 2 aliphatic heterocycles. The van der Waals surface area contributed by atoms with Gasteiger partial charge >= 0.3 is 0 Å². The van der Waals surface area contributed by atoms with Gasteiger partial charge in [-0.15, -0.1) is 0 Å². The van der Waals surface area contributed by atoms with Gasteiger partial charge in [-0.1, -0.05) is 0 Å². The van der Waals surface area contributed by atoms with Crippen LogP contribution in [0.3, 0.4) is 0 Å². The van der Waals surface area contributed by atoms with Crippen LogP contribution >= 0.6 is 0 Å². The van der Waals surface area contributed by atoms with E-state index in [4.69, 9.17) is 4.74 Å². The Morgan fingerprint density at radius 1 is 1.16 bits per heavy atom. The quantitative estimate of drug-likeness (QED) is 0.718. The highest BCUT2D eigenvalue weighted by atomic mass is 32.2. The second kappa shape index (κ2) is 4.71. The molecule has 1 saturated carbocycles. The average molecular weight is 288 g/mol. The van der Waals surface area contributed by atoms with Gasteiger partial charge in [-0.25, -0.2) is 8.42 Å². The van der Waals surface area contributed by atoms with Crippen molar-refractivity contribution < 1.29 is 17.9 Å². The van der Waals surface area contributed by atoms with E-state index in [1.807, 2.05) is 0 Å². The second-order valence-corrected chi connectivity index (χ2v) is 7.75. The van der Waals surface area contributed by atoms with Crippen molar-refractivity contribution in [2.24, 2.45) is 0 Å². The lowest BCUT2D eigenvalue weighted by molar-refractivity contribution is -0.135. The fraction of sp³-hybridized carbons (Fsp3) is 0.917. The van der Waals surface area contributed by atoms with Crippen molar-refractivity contribution in [3.8, 4) is 0 Å². The van der Waals surface area contributed by atoms with Gasteiger partial charge in [0, 0.05) is 32.3 Å². The maximum absolute atomic E-state index is 12.3. The van der Waals surface area contributed by atoms with Crippen LogP contribution in [0.4, 0.5) is 0 Å². The van der Waals surface area contributed by atoms with E-state index in [2.05, 4.69) is 0 Å². The molecule has 0 N–H and O–H groups in total. The molecule has 0 aromatic carbocycles. The normalized spacial score (nSPS) is 31.7. The van der Waals surface area contributed by atoms with E-state index < -0.39 is 10.0 Å². The largest absolute Gasteiger partial charge is 0.375 e. The van der Waals surface area contributed by atoms with Crippen molar-refractivity contribution in [2.45, 2.75) is 43.0 Å². The zero-order chi connectivity index (χ0) is 13.6. The molecule has 2 saturated heterocycles. The fourth-order valence-corrected chi connectivity index (χ4v) is 5.43. The molecule has 3 aliphatic rings. The summed E-state index contributed by atoms with van der Waals surface area (Å²) in [6.07, 6.45) is 3.10. The summed E-state index contributed by atoms with van der Waals surface area (Å²) in [5.41, 5.74) is 0. The Bertz CT molecular complexity index is 474. The Kier molecular flexibility index (Phi) is 3.31. The highest BCUT2D eigenvalue weighted by Gasteiger charge is 2.51. The number of ether oxygens (including phenoxy) is 1. The van der Waals surface area contributed by atoms with Crippen LogP contribution in [0.2, 0.25) is 0 Å². The average Bonchev–Trinajstić information content (AvgIpc) is 3.00. The highest BCUT2D eigenvalue weighted by Crippen LogP contribution is 2.39. The molecule has 0 spiro atoms. The van der Waals surface area contributed by atoms with Crippen molar-refractivity contribution in [3.63, 3.8) is 0 Å². The Balaban J connectivity index is 1.73. The lowest BCUT2D eigenvalue weighted by atomic mass is 10.1. The lowest BCUT2D eigenvalue weighted by Crippen LogP contribution is -2.43. The van der Waals surface area contributed by atoms with E-state index in [9.17, 15) is 13.2 Å². The molecule has 108 valence electrons. The number of methoxy groups -OCH3 is 1. The summed E-state index contributed by atoms with van der Waals surface area (Å²) < 4.78 is 31.2. The summed E-state index contributed by atoms with van der Waals surface area (Å²) >= 11 is 0. The summed E-state index contributed by atoms with van der Waals surface area (Å²) in [6.45, 7) is 1.29. The highest BCUT2D eigenvalue weighted by molar-refractivity contribution is 7.90. The van der Waals surface area contributed by atoms with E-state index in [1.54, 1.807) is 9.21 Å². The number of nitrogens with zero attached hydrogens (tertiary/aromatic N) is 2. The third kappa shape index (κ3) is 2.17. The number of fused-ring (bicyclic) bond motifs is 1. The van der Waals surface area contributed by atoms with Crippen LogP contribution in [0.5, 0.6) is 0 Å². The minimum atomic E-state index is -3.12. The first-order chi connectivity index (χ1) is 9.05. The van der Waals surface area contributed by atoms with Crippen molar-refractivity contribution in [1.29, 1.82) is 0 Å². The Morgan fingerprint density at radius 2 is 1.84 bits per heavy atom. The van der Waals surface area contributed by atoms with E-state index in [0.29, 0.717) is 13.1 Å². The molecule has 19 heavy (non-hydrogen) atoms. The first kappa shape index (κ1) is 13.3. The molecule has 3 fully saturated rings. The number of rotatable bonds is 4. The Hall–Kier alpha value is -0.660. The van der Waals surface area contributed by atoms with Crippen LogP contribution in [-0.4, -0.2) is 67.7 Å². The molecule has 0 aromatic rings. The van der Waals surface area contributed by atoms with Gasteiger partial charge in [0.1, 0.15) is 6.61 Å². The number of amides is 1. The molecule has 6 nitrogen and oxygen atoms in total. The summed E-state index contributed by atoms with van der Waals surface area (Å²) in [4.78, 5) is 13.7. The second-order valence-electron chi connectivity index (χ2n) is 5.59. The number of likely N-dealkylation sites (tertiary alicyclic amines) is 1. The predicted octanol–water partition coefficient (Wildman–Crippen LogP) is -0.200. The Morgan fingerprint density at radius 3 is 2.47 bits per heavy atom. The van der Waals surface area contributed by atoms with Crippen molar-refractivity contribution in [3.05, 3.63) is 0 Å². The number of hydrogen-bond donors (Lipinski definition) is 0.